The van der Waals surface area contributed by atoms with Crippen LogP contribution in [0.3, 0.4) is 0 Å². The van der Waals surface area contributed by atoms with Crippen LogP contribution in [0.2, 0.25) is 0 Å². The van der Waals surface area contributed by atoms with Crippen LogP contribution in [-0.4, -0.2) is 29.6 Å². The van der Waals surface area contributed by atoms with Gasteiger partial charge < -0.3 is 10.0 Å². The van der Waals surface area contributed by atoms with Gasteiger partial charge in [0, 0.05) is 12.6 Å². The Hall–Kier alpha value is -0.860. The van der Waals surface area contributed by atoms with Crippen molar-refractivity contribution in [1.29, 1.82) is 0 Å². The summed E-state index contributed by atoms with van der Waals surface area (Å²) in [5.74, 6) is 0.750. The number of nitrogens with zero attached hydrogens (tertiary/aromatic N) is 1. The molecule has 0 heterocycles. The highest BCUT2D eigenvalue weighted by atomic mass is 16.3. The van der Waals surface area contributed by atoms with Gasteiger partial charge in [0.2, 0.25) is 0 Å². The van der Waals surface area contributed by atoms with Crippen molar-refractivity contribution in [3.63, 3.8) is 0 Å². The smallest absolute Gasteiger partial charge is 0.0917 e. The first kappa shape index (κ1) is 15.5. The first-order valence-electron chi connectivity index (χ1n) is 7.94. The first-order valence-corrected chi connectivity index (χ1v) is 7.94. The Kier molecular flexibility index (Phi) is 5.22. The fraction of sp³-hybridized carbons (Fsp3) is 0.667. The summed E-state index contributed by atoms with van der Waals surface area (Å²) in [6.45, 7) is 7.27. The topological polar surface area (TPSA) is 23.5 Å². The fourth-order valence-electron chi connectivity index (χ4n) is 3.67. The van der Waals surface area contributed by atoms with E-state index < -0.39 is 0 Å². The standard InChI is InChI=1S/C18H29NO/c1-13-9-14(2)11-16(10-13)18(20)12-19(4)17-8-6-5-7-15(17)3/h9-11,15,17-18,20H,5-8,12H2,1-4H3. The highest BCUT2D eigenvalue weighted by Gasteiger charge is 2.26. The van der Waals surface area contributed by atoms with Crippen molar-refractivity contribution < 1.29 is 5.11 Å². The summed E-state index contributed by atoms with van der Waals surface area (Å²) in [4.78, 5) is 2.37. The number of hydrogen-bond donors (Lipinski definition) is 1. The molecule has 2 heteroatoms. The molecule has 1 aliphatic carbocycles. The predicted octanol–water partition coefficient (Wildman–Crippen LogP) is 3.85. The fourth-order valence-corrected chi connectivity index (χ4v) is 3.67. The summed E-state index contributed by atoms with van der Waals surface area (Å²) in [7, 11) is 2.17. The zero-order chi connectivity index (χ0) is 14.7. The van der Waals surface area contributed by atoms with Crippen LogP contribution in [0.5, 0.6) is 0 Å². The van der Waals surface area contributed by atoms with Crippen molar-refractivity contribution in [2.45, 2.75) is 58.6 Å². The summed E-state index contributed by atoms with van der Waals surface area (Å²) in [5.41, 5.74) is 3.51. The van der Waals surface area contributed by atoms with Crippen LogP contribution in [0.15, 0.2) is 18.2 Å². The van der Waals surface area contributed by atoms with Crippen LogP contribution in [0.1, 0.15) is 55.4 Å². The van der Waals surface area contributed by atoms with E-state index in [2.05, 4.69) is 50.9 Å². The van der Waals surface area contributed by atoms with Gasteiger partial charge in [-0.15, -0.1) is 0 Å². The Labute approximate surface area is 123 Å². The van der Waals surface area contributed by atoms with Gasteiger partial charge in [0.15, 0.2) is 0 Å². The molecule has 3 unspecified atom stereocenters. The number of aliphatic hydroxyl groups is 1. The minimum atomic E-state index is -0.382. The Balaban J connectivity index is 2.01. The zero-order valence-corrected chi connectivity index (χ0v) is 13.4. The lowest BCUT2D eigenvalue weighted by atomic mass is 9.85. The lowest BCUT2D eigenvalue weighted by Crippen LogP contribution is -2.41. The SMILES string of the molecule is Cc1cc(C)cc(C(O)CN(C)C2CCCCC2C)c1. The average molecular weight is 275 g/mol. The number of aryl methyl sites for hydroxylation is 2. The second kappa shape index (κ2) is 6.73. The van der Waals surface area contributed by atoms with Gasteiger partial charge in [-0.3, -0.25) is 0 Å². The molecule has 1 fully saturated rings. The number of aliphatic hydroxyl groups excluding tert-OH is 1. The summed E-state index contributed by atoms with van der Waals surface area (Å²) < 4.78 is 0. The molecule has 2 rings (SSSR count). The van der Waals surface area contributed by atoms with Gasteiger partial charge >= 0.3 is 0 Å². The first-order chi connectivity index (χ1) is 9.47. The molecule has 1 aromatic rings. The van der Waals surface area contributed by atoms with E-state index in [9.17, 15) is 5.11 Å². The van der Waals surface area contributed by atoms with Gasteiger partial charge in [-0.1, -0.05) is 49.1 Å². The van der Waals surface area contributed by atoms with E-state index in [1.165, 1.54) is 36.8 Å². The van der Waals surface area contributed by atoms with Crippen molar-refractivity contribution in [3.8, 4) is 0 Å². The third-order valence-corrected chi connectivity index (χ3v) is 4.72. The number of hydrogen-bond acceptors (Lipinski definition) is 2. The maximum absolute atomic E-state index is 10.5. The molecule has 1 N–H and O–H groups in total. The van der Waals surface area contributed by atoms with Gasteiger partial charge in [0.25, 0.3) is 0 Å². The van der Waals surface area contributed by atoms with E-state index in [0.29, 0.717) is 6.04 Å². The molecule has 1 saturated carbocycles. The van der Waals surface area contributed by atoms with Crippen molar-refractivity contribution in [3.05, 3.63) is 34.9 Å². The lowest BCUT2D eigenvalue weighted by Gasteiger charge is -2.37. The Morgan fingerprint density at radius 3 is 2.35 bits per heavy atom. The molecule has 20 heavy (non-hydrogen) atoms. The largest absolute Gasteiger partial charge is 0.387 e. The molecular weight excluding hydrogens is 246 g/mol. The van der Waals surface area contributed by atoms with Crippen molar-refractivity contribution >= 4 is 0 Å². The molecule has 1 aliphatic rings. The van der Waals surface area contributed by atoms with Crippen LogP contribution in [0.4, 0.5) is 0 Å². The van der Waals surface area contributed by atoms with Crippen LogP contribution in [-0.2, 0) is 0 Å². The third-order valence-electron chi connectivity index (χ3n) is 4.72. The highest BCUT2D eigenvalue weighted by Crippen LogP contribution is 2.28. The van der Waals surface area contributed by atoms with Crippen LogP contribution >= 0.6 is 0 Å². The minimum absolute atomic E-state index is 0.382. The summed E-state index contributed by atoms with van der Waals surface area (Å²) >= 11 is 0. The molecular formula is C18H29NO. The van der Waals surface area contributed by atoms with Gasteiger partial charge in [0.1, 0.15) is 0 Å². The number of rotatable bonds is 4. The molecule has 0 aromatic heterocycles. The van der Waals surface area contributed by atoms with E-state index in [0.717, 1.165) is 18.0 Å². The minimum Gasteiger partial charge on any atom is -0.387 e. The summed E-state index contributed by atoms with van der Waals surface area (Å²) in [6, 6.07) is 7.00. The number of likely N-dealkylation sites (N-methyl/N-ethyl adjacent to an activating group) is 1. The van der Waals surface area contributed by atoms with Crippen LogP contribution in [0, 0.1) is 19.8 Å². The number of benzene rings is 1. The van der Waals surface area contributed by atoms with Gasteiger partial charge in [0.05, 0.1) is 6.10 Å². The van der Waals surface area contributed by atoms with Crippen LogP contribution in [0.25, 0.3) is 0 Å². The molecule has 1 aromatic carbocycles. The quantitative estimate of drug-likeness (QED) is 0.902. The molecule has 0 aliphatic heterocycles. The predicted molar refractivity (Wildman–Crippen MR) is 84.9 cm³/mol. The maximum atomic E-state index is 10.5. The van der Waals surface area contributed by atoms with E-state index in [1.807, 2.05) is 0 Å². The normalized spacial score (nSPS) is 24.9. The molecule has 3 atom stereocenters. The van der Waals surface area contributed by atoms with Crippen molar-refractivity contribution in [2.24, 2.45) is 5.92 Å². The second-order valence-corrected chi connectivity index (χ2v) is 6.71. The molecule has 0 spiro atoms. The molecule has 2 nitrogen and oxygen atoms in total. The summed E-state index contributed by atoms with van der Waals surface area (Å²) in [5, 5.41) is 10.5. The van der Waals surface area contributed by atoms with Crippen molar-refractivity contribution in [2.75, 3.05) is 13.6 Å². The third kappa shape index (κ3) is 3.83. The molecule has 0 saturated heterocycles. The Morgan fingerprint density at radius 2 is 1.75 bits per heavy atom. The van der Waals surface area contributed by atoms with E-state index in [4.69, 9.17) is 0 Å². The monoisotopic (exact) mass is 275 g/mol. The zero-order valence-electron chi connectivity index (χ0n) is 13.4. The molecule has 112 valence electrons. The molecule has 0 bridgehead atoms. The summed E-state index contributed by atoms with van der Waals surface area (Å²) in [6.07, 6.45) is 4.92. The van der Waals surface area contributed by atoms with Crippen LogP contribution < -0.4 is 0 Å². The average Bonchev–Trinajstić information content (AvgIpc) is 2.37. The van der Waals surface area contributed by atoms with Gasteiger partial charge in [-0.2, -0.15) is 0 Å². The maximum Gasteiger partial charge on any atom is 0.0917 e. The van der Waals surface area contributed by atoms with Gasteiger partial charge in [-0.05, 0) is 45.2 Å². The highest BCUT2D eigenvalue weighted by molar-refractivity contribution is 5.30. The second-order valence-electron chi connectivity index (χ2n) is 6.71. The van der Waals surface area contributed by atoms with E-state index >= 15 is 0 Å². The molecule has 0 amide bonds. The van der Waals surface area contributed by atoms with E-state index in [-0.39, 0.29) is 6.10 Å². The van der Waals surface area contributed by atoms with E-state index in [1.54, 1.807) is 0 Å². The Bertz CT molecular complexity index is 423. The molecule has 0 radical (unpaired) electrons. The van der Waals surface area contributed by atoms with Gasteiger partial charge in [-0.25, -0.2) is 0 Å². The van der Waals surface area contributed by atoms with Crippen molar-refractivity contribution in [1.82, 2.24) is 4.90 Å². The lowest BCUT2D eigenvalue weighted by molar-refractivity contribution is 0.0710. The Morgan fingerprint density at radius 1 is 1.15 bits per heavy atom.